The summed E-state index contributed by atoms with van der Waals surface area (Å²) in [6, 6.07) is 9.82. The quantitative estimate of drug-likeness (QED) is 0.263. The number of carbonyl (C=O) groups excluding carboxylic acids is 1. The van der Waals surface area contributed by atoms with Gasteiger partial charge in [-0.25, -0.2) is 0 Å². The van der Waals surface area contributed by atoms with Gasteiger partial charge in [0.05, 0.1) is 26.7 Å². The Hall–Kier alpha value is -1.70. The molecular weight excluding hydrogens is 498 g/mol. The van der Waals surface area contributed by atoms with Gasteiger partial charge in [-0.2, -0.15) is 0 Å². The average Bonchev–Trinajstić information content (AvgIpc) is 3.11. The third-order valence-electron chi connectivity index (χ3n) is 4.32. The zero-order chi connectivity index (χ0) is 22.5. The van der Waals surface area contributed by atoms with E-state index in [1.165, 1.54) is 17.8 Å². The number of halogens is 4. The van der Waals surface area contributed by atoms with Gasteiger partial charge in [-0.1, -0.05) is 70.3 Å². The van der Waals surface area contributed by atoms with Crippen molar-refractivity contribution in [1.82, 2.24) is 20.1 Å². The Bertz CT molecular complexity index is 1120. The molecule has 0 saturated heterocycles. The predicted molar refractivity (Wildman–Crippen MR) is 129 cm³/mol. The SMILES string of the molecule is C=CCn1c(SCc2ccc(Cl)c(Cl)c2)nnc1[C@H](C)NC(=O)c1ccc(Cl)cc1Cl. The molecule has 162 valence electrons. The molecular formula is C21H18Cl4N4OS. The third kappa shape index (κ3) is 5.96. The van der Waals surface area contributed by atoms with Gasteiger partial charge in [-0.15, -0.1) is 16.8 Å². The van der Waals surface area contributed by atoms with Crippen LogP contribution in [0.15, 0.2) is 54.2 Å². The third-order valence-corrected chi connectivity index (χ3v) is 6.64. The molecule has 1 atom stereocenters. The maximum atomic E-state index is 12.7. The Kier molecular flexibility index (Phi) is 8.30. The van der Waals surface area contributed by atoms with Crippen molar-refractivity contribution in [1.29, 1.82) is 0 Å². The maximum Gasteiger partial charge on any atom is 0.253 e. The van der Waals surface area contributed by atoms with Crippen molar-refractivity contribution in [3.8, 4) is 0 Å². The normalized spacial score (nSPS) is 11.9. The van der Waals surface area contributed by atoms with E-state index in [4.69, 9.17) is 46.4 Å². The number of thioether (sulfide) groups is 1. The smallest absolute Gasteiger partial charge is 0.253 e. The van der Waals surface area contributed by atoms with Crippen LogP contribution in [0.2, 0.25) is 20.1 Å². The Morgan fingerprint density at radius 1 is 1.13 bits per heavy atom. The van der Waals surface area contributed by atoms with Gasteiger partial charge in [0.2, 0.25) is 0 Å². The fraction of sp³-hybridized carbons (Fsp3) is 0.190. The molecule has 3 rings (SSSR count). The first-order valence-electron chi connectivity index (χ1n) is 9.16. The number of nitrogens with one attached hydrogen (secondary N) is 1. The lowest BCUT2D eigenvalue weighted by atomic mass is 10.2. The topological polar surface area (TPSA) is 59.8 Å². The molecule has 0 aliphatic rings. The Balaban J connectivity index is 1.76. The minimum atomic E-state index is -0.411. The van der Waals surface area contributed by atoms with Gasteiger partial charge in [0.15, 0.2) is 11.0 Å². The molecule has 0 bridgehead atoms. The second-order valence-electron chi connectivity index (χ2n) is 6.60. The molecule has 5 nitrogen and oxygen atoms in total. The minimum absolute atomic E-state index is 0.280. The van der Waals surface area contributed by atoms with E-state index in [0.29, 0.717) is 43.9 Å². The van der Waals surface area contributed by atoms with Gasteiger partial charge in [-0.05, 0) is 42.8 Å². The molecule has 1 N–H and O–H groups in total. The summed E-state index contributed by atoms with van der Waals surface area (Å²) in [6.45, 7) is 6.14. The molecule has 3 aromatic rings. The molecule has 0 saturated carbocycles. The minimum Gasteiger partial charge on any atom is -0.342 e. The van der Waals surface area contributed by atoms with E-state index in [0.717, 1.165) is 5.56 Å². The molecule has 10 heteroatoms. The standard InChI is InChI=1S/C21H18Cl4N4OS/c1-3-8-29-19(12(2)26-20(30)15-6-5-14(22)10-17(15)24)27-28-21(29)31-11-13-4-7-16(23)18(25)9-13/h3-7,9-10,12H,1,8,11H2,2H3,(H,26,30)/t12-/m0/s1. The van der Waals surface area contributed by atoms with E-state index in [1.807, 2.05) is 23.6 Å². The first-order valence-corrected chi connectivity index (χ1v) is 11.7. The molecule has 0 aliphatic heterocycles. The summed E-state index contributed by atoms with van der Waals surface area (Å²) in [5.74, 6) is 0.912. The number of aromatic nitrogens is 3. The second-order valence-corrected chi connectivity index (χ2v) is 9.20. The molecule has 0 aliphatic carbocycles. The molecule has 0 unspecified atom stereocenters. The average molecular weight is 516 g/mol. The largest absolute Gasteiger partial charge is 0.342 e. The van der Waals surface area contributed by atoms with Crippen LogP contribution in [0.4, 0.5) is 0 Å². The van der Waals surface area contributed by atoms with E-state index in [-0.39, 0.29) is 10.9 Å². The first-order chi connectivity index (χ1) is 14.8. The molecule has 0 radical (unpaired) electrons. The van der Waals surface area contributed by atoms with Gasteiger partial charge in [0.25, 0.3) is 5.91 Å². The summed E-state index contributed by atoms with van der Waals surface area (Å²) < 4.78 is 1.91. The van der Waals surface area contributed by atoms with Gasteiger partial charge in [-0.3, -0.25) is 4.79 Å². The second kappa shape index (κ2) is 10.7. The highest BCUT2D eigenvalue weighted by molar-refractivity contribution is 7.98. The fourth-order valence-corrected chi connectivity index (χ4v) is 4.53. The van der Waals surface area contributed by atoms with E-state index in [9.17, 15) is 4.79 Å². The van der Waals surface area contributed by atoms with Crippen LogP contribution in [0.3, 0.4) is 0 Å². The van der Waals surface area contributed by atoms with Crippen molar-refractivity contribution >= 4 is 64.1 Å². The monoisotopic (exact) mass is 514 g/mol. The highest BCUT2D eigenvalue weighted by Crippen LogP contribution is 2.28. The number of allylic oxidation sites excluding steroid dienone is 1. The van der Waals surface area contributed by atoms with E-state index < -0.39 is 6.04 Å². The van der Waals surface area contributed by atoms with Crippen LogP contribution in [0, 0.1) is 0 Å². The molecule has 2 aromatic carbocycles. The maximum absolute atomic E-state index is 12.7. The Labute approximate surface area is 204 Å². The van der Waals surface area contributed by atoms with Crippen LogP contribution in [0.5, 0.6) is 0 Å². The van der Waals surface area contributed by atoms with Crippen molar-refractivity contribution in [3.05, 3.63) is 86.1 Å². The first kappa shape index (κ1) is 24.0. The zero-order valence-electron chi connectivity index (χ0n) is 16.4. The van der Waals surface area contributed by atoms with E-state index >= 15 is 0 Å². The number of benzene rings is 2. The number of carbonyl (C=O) groups is 1. The van der Waals surface area contributed by atoms with Crippen molar-refractivity contribution in [2.24, 2.45) is 0 Å². The van der Waals surface area contributed by atoms with Crippen LogP contribution >= 0.6 is 58.2 Å². The summed E-state index contributed by atoms with van der Waals surface area (Å²) in [7, 11) is 0. The highest BCUT2D eigenvalue weighted by atomic mass is 35.5. The molecule has 1 amide bonds. The highest BCUT2D eigenvalue weighted by Gasteiger charge is 2.21. The van der Waals surface area contributed by atoms with Crippen LogP contribution in [-0.2, 0) is 12.3 Å². The number of nitrogens with zero attached hydrogens (tertiary/aromatic N) is 3. The molecule has 0 spiro atoms. The lowest BCUT2D eigenvalue weighted by Crippen LogP contribution is -2.29. The Morgan fingerprint density at radius 3 is 2.58 bits per heavy atom. The van der Waals surface area contributed by atoms with Crippen LogP contribution in [-0.4, -0.2) is 20.7 Å². The molecule has 1 aromatic heterocycles. The number of rotatable bonds is 8. The van der Waals surface area contributed by atoms with Gasteiger partial charge in [0.1, 0.15) is 0 Å². The number of hydrogen-bond acceptors (Lipinski definition) is 4. The van der Waals surface area contributed by atoms with Crippen molar-refractivity contribution in [2.45, 2.75) is 30.4 Å². The molecule has 31 heavy (non-hydrogen) atoms. The Morgan fingerprint density at radius 2 is 1.90 bits per heavy atom. The zero-order valence-corrected chi connectivity index (χ0v) is 20.3. The van der Waals surface area contributed by atoms with E-state index in [2.05, 4.69) is 22.1 Å². The lowest BCUT2D eigenvalue weighted by molar-refractivity contribution is 0.0937. The molecule has 0 fully saturated rings. The van der Waals surface area contributed by atoms with Gasteiger partial charge in [0, 0.05) is 17.3 Å². The number of amides is 1. The van der Waals surface area contributed by atoms with Crippen molar-refractivity contribution in [2.75, 3.05) is 0 Å². The van der Waals surface area contributed by atoms with Crippen LogP contribution in [0.1, 0.15) is 34.7 Å². The van der Waals surface area contributed by atoms with Crippen LogP contribution in [0.25, 0.3) is 0 Å². The predicted octanol–water partition coefficient (Wildman–Crippen LogP) is 6.86. The van der Waals surface area contributed by atoms with Gasteiger partial charge >= 0.3 is 0 Å². The summed E-state index contributed by atoms with van der Waals surface area (Å²) >= 11 is 25.6. The van der Waals surface area contributed by atoms with Gasteiger partial charge < -0.3 is 9.88 Å². The van der Waals surface area contributed by atoms with Crippen molar-refractivity contribution in [3.63, 3.8) is 0 Å². The van der Waals surface area contributed by atoms with Crippen LogP contribution < -0.4 is 5.32 Å². The summed E-state index contributed by atoms with van der Waals surface area (Å²) in [4.78, 5) is 12.7. The fourth-order valence-electron chi connectivity index (χ4n) is 2.82. The summed E-state index contributed by atoms with van der Waals surface area (Å²) in [5, 5.41) is 14.0. The summed E-state index contributed by atoms with van der Waals surface area (Å²) in [6.07, 6.45) is 1.75. The van der Waals surface area contributed by atoms with E-state index in [1.54, 1.807) is 24.3 Å². The summed E-state index contributed by atoms with van der Waals surface area (Å²) in [5.41, 5.74) is 1.34. The molecule has 1 heterocycles. The number of hydrogen-bond donors (Lipinski definition) is 1. The lowest BCUT2D eigenvalue weighted by Gasteiger charge is -2.16. The van der Waals surface area contributed by atoms with Crippen molar-refractivity contribution < 1.29 is 4.79 Å².